The Morgan fingerprint density at radius 2 is 1.85 bits per heavy atom. The predicted molar refractivity (Wildman–Crippen MR) is 84.0 cm³/mol. The molecule has 0 bridgehead atoms. The standard InChI is InChI=1S/C15H22N4S/c1-6-12-8-7-9-13(10(2)3)14(12)19-15(20)18(11(4)5)16-17-19/h7-11H,6H2,1-5H3. The minimum atomic E-state index is 0.215. The van der Waals surface area contributed by atoms with Crippen molar-refractivity contribution in [3.63, 3.8) is 0 Å². The molecule has 0 aliphatic heterocycles. The lowest BCUT2D eigenvalue weighted by Gasteiger charge is -2.15. The molecule has 0 amide bonds. The molecule has 0 aliphatic rings. The highest BCUT2D eigenvalue weighted by Gasteiger charge is 2.16. The molecule has 2 rings (SSSR count). The van der Waals surface area contributed by atoms with E-state index >= 15 is 0 Å². The first kappa shape index (κ1) is 14.9. The first-order valence-electron chi connectivity index (χ1n) is 7.14. The van der Waals surface area contributed by atoms with Crippen LogP contribution in [0.4, 0.5) is 0 Å². The van der Waals surface area contributed by atoms with Gasteiger partial charge in [0.25, 0.3) is 0 Å². The summed E-state index contributed by atoms with van der Waals surface area (Å²) in [6.07, 6.45) is 0.951. The van der Waals surface area contributed by atoms with Gasteiger partial charge in [-0.15, -0.1) is 0 Å². The van der Waals surface area contributed by atoms with Gasteiger partial charge in [0.05, 0.1) is 11.7 Å². The Bertz CT molecular complexity index is 652. The topological polar surface area (TPSA) is 35.6 Å². The van der Waals surface area contributed by atoms with E-state index < -0.39 is 0 Å². The van der Waals surface area contributed by atoms with E-state index in [-0.39, 0.29) is 6.04 Å². The van der Waals surface area contributed by atoms with Crippen LogP contribution >= 0.6 is 12.2 Å². The molecule has 0 radical (unpaired) electrons. The van der Waals surface area contributed by atoms with Crippen molar-refractivity contribution in [3.05, 3.63) is 34.1 Å². The number of aromatic nitrogens is 4. The van der Waals surface area contributed by atoms with Gasteiger partial charge in [0.1, 0.15) is 0 Å². The highest BCUT2D eigenvalue weighted by Crippen LogP contribution is 2.26. The average molecular weight is 290 g/mol. The first-order chi connectivity index (χ1) is 9.47. The van der Waals surface area contributed by atoms with Crippen molar-refractivity contribution in [2.24, 2.45) is 0 Å². The quantitative estimate of drug-likeness (QED) is 0.796. The van der Waals surface area contributed by atoms with Crippen molar-refractivity contribution in [1.29, 1.82) is 0 Å². The van der Waals surface area contributed by atoms with E-state index in [4.69, 9.17) is 12.2 Å². The van der Waals surface area contributed by atoms with E-state index in [1.807, 2.05) is 4.68 Å². The maximum atomic E-state index is 5.54. The Hall–Kier alpha value is -1.49. The number of aryl methyl sites for hydroxylation is 1. The van der Waals surface area contributed by atoms with Crippen molar-refractivity contribution >= 4 is 12.2 Å². The zero-order chi connectivity index (χ0) is 14.9. The number of hydrogen-bond donors (Lipinski definition) is 0. The maximum Gasteiger partial charge on any atom is 0.220 e. The number of benzene rings is 1. The molecule has 0 unspecified atom stereocenters. The van der Waals surface area contributed by atoms with Gasteiger partial charge in [0.2, 0.25) is 4.77 Å². The molecular formula is C15H22N4S. The van der Waals surface area contributed by atoms with E-state index in [0.717, 1.165) is 12.1 Å². The second-order valence-corrected chi connectivity index (χ2v) is 5.94. The Morgan fingerprint density at radius 3 is 2.35 bits per heavy atom. The molecule has 0 fully saturated rings. The lowest BCUT2D eigenvalue weighted by atomic mass is 9.97. The fourth-order valence-electron chi connectivity index (χ4n) is 2.34. The first-order valence-corrected chi connectivity index (χ1v) is 7.54. The van der Waals surface area contributed by atoms with Crippen molar-refractivity contribution in [2.75, 3.05) is 0 Å². The van der Waals surface area contributed by atoms with E-state index in [1.165, 1.54) is 11.1 Å². The molecule has 0 aliphatic carbocycles. The summed E-state index contributed by atoms with van der Waals surface area (Å²) in [5, 5.41) is 8.48. The molecule has 2 aromatic rings. The smallest absolute Gasteiger partial charge is 0.216 e. The number of hydrogen-bond acceptors (Lipinski definition) is 3. The molecule has 1 aromatic carbocycles. The van der Waals surface area contributed by atoms with Gasteiger partial charge >= 0.3 is 0 Å². The zero-order valence-corrected chi connectivity index (χ0v) is 13.6. The van der Waals surface area contributed by atoms with E-state index in [9.17, 15) is 0 Å². The van der Waals surface area contributed by atoms with Crippen LogP contribution in [-0.2, 0) is 6.42 Å². The van der Waals surface area contributed by atoms with Crippen molar-refractivity contribution < 1.29 is 0 Å². The summed E-state index contributed by atoms with van der Waals surface area (Å²) in [6.45, 7) is 10.6. The minimum Gasteiger partial charge on any atom is -0.216 e. The SMILES string of the molecule is CCc1cccc(C(C)C)c1-n1nnn(C(C)C)c1=S. The van der Waals surface area contributed by atoms with Crippen molar-refractivity contribution in [1.82, 2.24) is 19.8 Å². The van der Waals surface area contributed by atoms with Crippen LogP contribution in [0, 0.1) is 4.77 Å². The Morgan fingerprint density at radius 1 is 1.15 bits per heavy atom. The van der Waals surface area contributed by atoms with E-state index in [0.29, 0.717) is 10.7 Å². The number of nitrogens with zero attached hydrogens (tertiary/aromatic N) is 4. The third kappa shape index (κ3) is 2.54. The summed E-state index contributed by atoms with van der Waals surface area (Å²) in [5.74, 6) is 0.419. The number of para-hydroxylation sites is 1. The van der Waals surface area contributed by atoms with Gasteiger partial charge in [-0.1, -0.05) is 39.0 Å². The van der Waals surface area contributed by atoms with Gasteiger partial charge in [0.15, 0.2) is 0 Å². The van der Waals surface area contributed by atoms with Crippen LogP contribution in [-0.4, -0.2) is 19.8 Å². The molecule has 0 saturated carbocycles. The summed E-state index contributed by atoms with van der Waals surface area (Å²) in [4.78, 5) is 0. The molecule has 20 heavy (non-hydrogen) atoms. The predicted octanol–water partition coefficient (Wildman–Crippen LogP) is 4.06. The summed E-state index contributed by atoms with van der Waals surface area (Å²) in [6, 6.07) is 6.61. The third-order valence-corrected chi connectivity index (χ3v) is 3.82. The van der Waals surface area contributed by atoms with Crippen LogP contribution in [0.25, 0.3) is 5.69 Å². The molecule has 0 saturated heterocycles. The second kappa shape index (κ2) is 5.87. The lowest BCUT2D eigenvalue weighted by Crippen LogP contribution is -2.08. The van der Waals surface area contributed by atoms with E-state index in [2.05, 4.69) is 63.2 Å². The summed E-state index contributed by atoms with van der Waals surface area (Å²) >= 11 is 5.54. The molecule has 5 heteroatoms. The minimum absolute atomic E-state index is 0.215. The van der Waals surface area contributed by atoms with Gasteiger partial charge in [-0.2, -0.15) is 4.68 Å². The van der Waals surface area contributed by atoms with Crippen LogP contribution in [0.2, 0.25) is 0 Å². The molecule has 108 valence electrons. The van der Waals surface area contributed by atoms with Crippen LogP contribution in [0.1, 0.15) is 57.7 Å². The monoisotopic (exact) mass is 290 g/mol. The fraction of sp³-hybridized carbons (Fsp3) is 0.533. The van der Waals surface area contributed by atoms with Gasteiger partial charge in [-0.05, 0) is 60.0 Å². The maximum absolute atomic E-state index is 5.54. The normalized spacial score (nSPS) is 11.6. The molecule has 1 aromatic heterocycles. The summed E-state index contributed by atoms with van der Waals surface area (Å²) in [7, 11) is 0. The number of tetrazole rings is 1. The van der Waals surface area contributed by atoms with Crippen LogP contribution < -0.4 is 0 Å². The van der Waals surface area contributed by atoms with Crippen molar-refractivity contribution in [3.8, 4) is 5.69 Å². The van der Waals surface area contributed by atoms with Crippen LogP contribution in [0.3, 0.4) is 0 Å². The molecule has 0 spiro atoms. The highest BCUT2D eigenvalue weighted by molar-refractivity contribution is 7.71. The molecule has 0 atom stereocenters. The second-order valence-electron chi connectivity index (χ2n) is 5.57. The van der Waals surface area contributed by atoms with Gasteiger partial charge in [-0.3, -0.25) is 0 Å². The third-order valence-electron chi connectivity index (χ3n) is 3.46. The lowest BCUT2D eigenvalue weighted by molar-refractivity contribution is 0.508. The zero-order valence-electron chi connectivity index (χ0n) is 12.8. The molecule has 0 N–H and O–H groups in total. The highest BCUT2D eigenvalue weighted by atomic mass is 32.1. The molecule has 4 nitrogen and oxygen atoms in total. The number of rotatable bonds is 4. The van der Waals surface area contributed by atoms with Gasteiger partial charge in [0, 0.05) is 0 Å². The van der Waals surface area contributed by atoms with Crippen LogP contribution in [0.15, 0.2) is 18.2 Å². The average Bonchev–Trinajstić information content (AvgIpc) is 2.79. The van der Waals surface area contributed by atoms with E-state index in [1.54, 1.807) is 4.68 Å². The largest absolute Gasteiger partial charge is 0.220 e. The Labute approximate surface area is 125 Å². The van der Waals surface area contributed by atoms with Gasteiger partial charge in [-0.25, -0.2) is 4.68 Å². The summed E-state index contributed by atoms with van der Waals surface area (Å²) < 4.78 is 4.25. The Balaban J connectivity index is 2.72. The molecule has 1 heterocycles. The van der Waals surface area contributed by atoms with Crippen LogP contribution in [0.5, 0.6) is 0 Å². The molecular weight excluding hydrogens is 268 g/mol. The van der Waals surface area contributed by atoms with Gasteiger partial charge < -0.3 is 0 Å². The fourth-order valence-corrected chi connectivity index (χ4v) is 2.72. The Kier molecular flexibility index (Phi) is 4.38. The summed E-state index contributed by atoms with van der Waals surface area (Å²) in [5.41, 5.74) is 3.61. The van der Waals surface area contributed by atoms with Crippen molar-refractivity contribution in [2.45, 2.75) is 53.0 Å².